The van der Waals surface area contributed by atoms with E-state index >= 15 is 0 Å². The molecule has 0 radical (unpaired) electrons. The summed E-state index contributed by atoms with van der Waals surface area (Å²) < 4.78 is 10.8. The van der Waals surface area contributed by atoms with Gasteiger partial charge in [-0.2, -0.15) is 0 Å². The smallest absolute Gasteiger partial charge is 0.111 e. The van der Waals surface area contributed by atoms with Crippen LogP contribution < -0.4 is 0 Å². The van der Waals surface area contributed by atoms with E-state index in [1.807, 2.05) is 0 Å². The molecule has 4 atom stereocenters. The average molecular weight is 344 g/mol. The highest BCUT2D eigenvalue weighted by Crippen LogP contribution is 2.16. The van der Waals surface area contributed by atoms with Gasteiger partial charge in [0.2, 0.25) is 0 Å². The van der Waals surface area contributed by atoms with Crippen LogP contribution >= 0.6 is 0 Å². The van der Waals surface area contributed by atoms with Gasteiger partial charge in [-0.1, -0.05) is 57.6 Å². The molecule has 5 nitrogen and oxygen atoms in total. The van der Waals surface area contributed by atoms with E-state index in [1.165, 1.54) is 44.9 Å². The van der Waals surface area contributed by atoms with Crippen molar-refractivity contribution in [2.75, 3.05) is 19.8 Å². The monoisotopic (exact) mass is 344 g/mol. The lowest BCUT2D eigenvalue weighted by Crippen LogP contribution is -2.54. The molecule has 0 spiro atoms. The molecule has 1 rings (SSSR count). The van der Waals surface area contributed by atoms with E-state index in [2.05, 4.69) is 19.1 Å². The fourth-order valence-electron chi connectivity index (χ4n) is 2.82. The van der Waals surface area contributed by atoms with Gasteiger partial charge in [-0.25, -0.2) is 0 Å². The first kappa shape index (κ1) is 21.6. The van der Waals surface area contributed by atoms with Crippen LogP contribution in [0, 0.1) is 0 Å². The summed E-state index contributed by atoms with van der Waals surface area (Å²) in [7, 11) is 0. The minimum absolute atomic E-state index is 0.0323. The van der Waals surface area contributed by atoms with Gasteiger partial charge < -0.3 is 24.8 Å². The van der Waals surface area contributed by atoms with Crippen molar-refractivity contribution in [1.82, 2.24) is 0 Å². The van der Waals surface area contributed by atoms with Gasteiger partial charge in [0.25, 0.3) is 0 Å². The topological polar surface area (TPSA) is 79.2 Å². The molecule has 0 aromatic rings. The Morgan fingerprint density at radius 3 is 2.33 bits per heavy atom. The van der Waals surface area contributed by atoms with Crippen molar-refractivity contribution in [2.45, 2.75) is 89.1 Å². The third-order valence-corrected chi connectivity index (χ3v) is 4.46. The van der Waals surface area contributed by atoms with E-state index < -0.39 is 24.4 Å². The van der Waals surface area contributed by atoms with E-state index in [0.717, 1.165) is 12.8 Å². The van der Waals surface area contributed by atoms with Crippen LogP contribution in [0.5, 0.6) is 0 Å². The highest BCUT2D eigenvalue weighted by molar-refractivity contribution is 4.86. The molecule has 24 heavy (non-hydrogen) atoms. The molecule has 1 heterocycles. The molecular formula is C19H36O5. The van der Waals surface area contributed by atoms with Crippen LogP contribution in [0.4, 0.5) is 0 Å². The average Bonchev–Trinajstić information content (AvgIpc) is 2.58. The predicted molar refractivity (Wildman–Crippen MR) is 94.9 cm³/mol. The number of rotatable bonds is 13. The van der Waals surface area contributed by atoms with Crippen molar-refractivity contribution in [1.29, 1.82) is 0 Å². The molecule has 0 amide bonds. The fraction of sp³-hybridized carbons (Fsp3) is 0.895. The van der Waals surface area contributed by atoms with Crippen molar-refractivity contribution < 1.29 is 24.8 Å². The standard InChI is InChI=1S/C19H36O5/c1-2-3-4-5-6-7-8-9-10-11-12-13-23-15-17-19(22)18(21)16(20)14-24-17/h10-11,16-22H,2-9,12-15H2,1H3/b11-10+/t16-,17+,18+,19+/m1/s1. The van der Waals surface area contributed by atoms with E-state index in [-0.39, 0.29) is 13.2 Å². The minimum atomic E-state index is -1.16. The Balaban J connectivity index is 1.91. The Morgan fingerprint density at radius 1 is 0.917 bits per heavy atom. The number of aliphatic hydroxyl groups is 3. The minimum Gasteiger partial charge on any atom is -0.388 e. The molecule has 0 aliphatic carbocycles. The van der Waals surface area contributed by atoms with E-state index in [1.54, 1.807) is 0 Å². The van der Waals surface area contributed by atoms with Gasteiger partial charge in [-0.05, 0) is 19.3 Å². The molecule has 1 aliphatic rings. The molecule has 0 unspecified atom stereocenters. The number of allylic oxidation sites excluding steroid dienone is 1. The SMILES string of the molecule is CCCCCCCCC/C=C/CCOC[C@@H]1OC[C@@H](O)[C@H](O)[C@H]1O. The number of hydrogen-bond acceptors (Lipinski definition) is 5. The van der Waals surface area contributed by atoms with Gasteiger partial charge in [0.05, 0.1) is 19.8 Å². The maximum atomic E-state index is 9.77. The van der Waals surface area contributed by atoms with Crippen LogP contribution in [0.25, 0.3) is 0 Å². The Labute approximate surface area is 146 Å². The lowest BCUT2D eigenvalue weighted by atomic mass is 10.0. The second-order valence-corrected chi connectivity index (χ2v) is 6.67. The van der Waals surface area contributed by atoms with Gasteiger partial charge in [0, 0.05) is 0 Å². The summed E-state index contributed by atoms with van der Waals surface area (Å²) in [6.45, 7) is 3.08. The normalized spacial score (nSPS) is 27.8. The lowest BCUT2D eigenvalue weighted by molar-refractivity contribution is -0.199. The first-order valence-electron chi connectivity index (χ1n) is 9.55. The van der Waals surface area contributed by atoms with Gasteiger partial charge in [-0.15, -0.1) is 0 Å². The number of hydrogen-bond donors (Lipinski definition) is 3. The van der Waals surface area contributed by atoms with Crippen LogP contribution in [0.15, 0.2) is 12.2 Å². The van der Waals surface area contributed by atoms with Gasteiger partial charge >= 0.3 is 0 Å². The highest BCUT2D eigenvalue weighted by Gasteiger charge is 2.37. The summed E-state index contributed by atoms with van der Waals surface area (Å²) in [5.41, 5.74) is 0. The molecule has 5 heteroatoms. The van der Waals surface area contributed by atoms with Crippen LogP contribution in [0.2, 0.25) is 0 Å². The van der Waals surface area contributed by atoms with Crippen LogP contribution in [0.3, 0.4) is 0 Å². The van der Waals surface area contributed by atoms with Crippen LogP contribution in [-0.2, 0) is 9.47 Å². The zero-order chi connectivity index (χ0) is 17.6. The molecule has 1 saturated heterocycles. The quantitative estimate of drug-likeness (QED) is 0.353. The molecule has 1 aliphatic heterocycles. The van der Waals surface area contributed by atoms with Crippen molar-refractivity contribution >= 4 is 0 Å². The molecule has 3 N–H and O–H groups in total. The maximum Gasteiger partial charge on any atom is 0.111 e. The molecular weight excluding hydrogens is 308 g/mol. The Morgan fingerprint density at radius 2 is 1.58 bits per heavy atom. The first-order valence-corrected chi connectivity index (χ1v) is 9.55. The number of aliphatic hydroxyl groups excluding tert-OH is 3. The zero-order valence-corrected chi connectivity index (χ0v) is 15.1. The second kappa shape index (κ2) is 13.8. The van der Waals surface area contributed by atoms with Gasteiger partial charge in [0.15, 0.2) is 0 Å². The molecule has 1 fully saturated rings. The van der Waals surface area contributed by atoms with E-state index in [4.69, 9.17) is 9.47 Å². The maximum absolute atomic E-state index is 9.77. The summed E-state index contributed by atoms with van der Waals surface area (Å²) in [4.78, 5) is 0. The summed E-state index contributed by atoms with van der Waals surface area (Å²) in [5.74, 6) is 0. The first-order chi connectivity index (χ1) is 11.7. The highest BCUT2D eigenvalue weighted by atomic mass is 16.6. The second-order valence-electron chi connectivity index (χ2n) is 6.67. The largest absolute Gasteiger partial charge is 0.388 e. The van der Waals surface area contributed by atoms with E-state index in [0.29, 0.717) is 6.61 Å². The van der Waals surface area contributed by atoms with Crippen molar-refractivity contribution in [3.63, 3.8) is 0 Å². The molecule has 0 aromatic carbocycles. The number of unbranched alkanes of at least 4 members (excludes halogenated alkanes) is 7. The Hall–Kier alpha value is -0.460. The van der Waals surface area contributed by atoms with Crippen molar-refractivity contribution in [3.8, 4) is 0 Å². The van der Waals surface area contributed by atoms with Gasteiger partial charge in [0.1, 0.15) is 24.4 Å². The third-order valence-electron chi connectivity index (χ3n) is 4.46. The lowest BCUT2D eigenvalue weighted by Gasteiger charge is -2.35. The summed E-state index contributed by atoms with van der Waals surface area (Å²) in [6.07, 6.45) is 11.8. The van der Waals surface area contributed by atoms with Crippen LogP contribution in [0.1, 0.15) is 64.7 Å². The van der Waals surface area contributed by atoms with Crippen LogP contribution in [-0.4, -0.2) is 59.6 Å². The molecule has 0 bridgehead atoms. The molecule has 0 aromatic heterocycles. The summed E-state index contributed by atoms with van der Waals surface area (Å²) >= 11 is 0. The summed E-state index contributed by atoms with van der Waals surface area (Å²) in [6, 6.07) is 0. The van der Waals surface area contributed by atoms with Crippen molar-refractivity contribution in [3.05, 3.63) is 12.2 Å². The van der Waals surface area contributed by atoms with Gasteiger partial charge in [-0.3, -0.25) is 0 Å². The zero-order valence-electron chi connectivity index (χ0n) is 15.1. The fourth-order valence-corrected chi connectivity index (χ4v) is 2.82. The Bertz CT molecular complexity index is 321. The van der Waals surface area contributed by atoms with E-state index in [9.17, 15) is 15.3 Å². The Kier molecular flexibility index (Phi) is 12.4. The van der Waals surface area contributed by atoms with Crippen molar-refractivity contribution in [2.24, 2.45) is 0 Å². The number of ether oxygens (including phenoxy) is 2. The predicted octanol–water partition coefficient (Wildman–Crippen LogP) is 2.57. The molecule has 0 saturated carbocycles. The summed E-state index contributed by atoms with van der Waals surface area (Å²) in [5, 5.41) is 28.7. The third kappa shape index (κ3) is 9.14. The molecule has 142 valence electrons.